The summed E-state index contributed by atoms with van der Waals surface area (Å²) in [7, 11) is 0. The summed E-state index contributed by atoms with van der Waals surface area (Å²) in [5.41, 5.74) is 11.8. The van der Waals surface area contributed by atoms with Gasteiger partial charge in [0.15, 0.2) is 0 Å². The predicted molar refractivity (Wildman–Crippen MR) is 118 cm³/mol. The Hall–Kier alpha value is -2.54. The lowest BCUT2D eigenvalue weighted by atomic mass is 9.79. The van der Waals surface area contributed by atoms with Crippen LogP contribution in [0.25, 0.3) is 16.7 Å². The molecular weight excluding hydrogens is 338 g/mol. The fourth-order valence-electron chi connectivity index (χ4n) is 5.85. The average Bonchev–Trinajstić information content (AvgIpc) is 3.00. The third-order valence-corrected chi connectivity index (χ3v) is 7.18. The molecule has 2 atom stereocenters. The molecule has 140 valence electrons. The number of benzene rings is 2. The fourth-order valence-corrected chi connectivity index (χ4v) is 5.85. The second kappa shape index (κ2) is 5.98. The molecule has 1 nitrogen and oxygen atoms in total. The normalized spacial score (nSPS) is 24.4. The minimum absolute atomic E-state index is 0.462. The summed E-state index contributed by atoms with van der Waals surface area (Å²) >= 11 is 0. The Kier molecular flexibility index (Phi) is 3.50. The molecule has 0 amide bonds. The zero-order valence-electron chi connectivity index (χ0n) is 16.8. The summed E-state index contributed by atoms with van der Waals surface area (Å²) < 4.78 is 0. The van der Waals surface area contributed by atoms with E-state index in [2.05, 4.69) is 79.4 Å². The maximum Gasteiger partial charge on any atom is 0.0594 e. The van der Waals surface area contributed by atoms with E-state index in [1.54, 1.807) is 11.1 Å². The first-order chi connectivity index (χ1) is 13.7. The maximum absolute atomic E-state index is 2.71. The van der Waals surface area contributed by atoms with Gasteiger partial charge in [0.2, 0.25) is 0 Å². The number of hydrogen-bond donors (Lipinski definition) is 0. The Morgan fingerprint density at radius 1 is 0.893 bits per heavy atom. The highest BCUT2D eigenvalue weighted by atomic mass is 15.2. The topological polar surface area (TPSA) is 3.24 Å². The molecule has 0 fully saturated rings. The number of para-hydroxylation sites is 1. The monoisotopic (exact) mass is 365 g/mol. The van der Waals surface area contributed by atoms with Gasteiger partial charge in [-0.2, -0.15) is 0 Å². The Morgan fingerprint density at radius 2 is 1.68 bits per heavy atom. The van der Waals surface area contributed by atoms with Crippen LogP contribution in [0.3, 0.4) is 0 Å². The van der Waals surface area contributed by atoms with Gasteiger partial charge in [0.25, 0.3) is 0 Å². The van der Waals surface area contributed by atoms with Crippen molar-refractivity contribution in [3.8, 4) is 11.1 Å². The highest BCUT2D eigenvalue weighted by Crippen LogP contribution is 2.57. The van der Waals surface area contributed by atoms with Gasteiger partial charge < -0.3 is 4.90 Å². The summed E-state index contributed by atoms with van der Waals surface area (Å²) in [5.74, 6) is 1.26. The van der Waals surface area contributed by atoms with Crippen molar-refractivity contribution >= 4 is 11.3 Å². The molecule has 2 heterocycles. The van der Waals surface area contributed by atoms with Crippen molar-refractivity contribution < 1.29 is 0 Å². The zero-order valence-corrected chi connectivity index (χ0v) is 16.8. The lowest BCUT2D eigenvalue weighted by Crippen LogP contribution is -2.35. The summed E-state index contributed by atoms with van der Waals surface area (Å²) in [6.07, 6.45) is 12.4. The smallest absolute Gasteiger partial charge is 0.0594 e. The molecule has 2 aromatic rings. The van der Waals surface area contributed by atoms with Crippen LogP contribution in [-0.2, 0) is 0 Å². The third-order valence-electron chi connectivity index (χ3n) is 7.18. The van der Waals surface area contributed by atoms with Crippen molar-refractivity contribution in [3.05, 3.63) is 83.1 Å². The molecule has 2 unspecified atom stereocenters. The molecule has 2 aliphatic carbocycles. The van der Waals surface area contributed by atoms with Gasteiger partial charge in [0.05, 0.1) is 11.7 Å². The number of anilines is 1. The molecule has 6 rings (SSSR count). The van der Waals surface area contributed by atoms with Crippen LogP contribution in [0.4, 0.5) is 5.69 Å². The lowest BCUT2D eigenvalue weighted by Gasteiger charge is -2.35. The molecule has 28 heavy (non-hydrogen) atoms. The van der Waals surface area contributed by atoms with Crippen LogP contribution < -0.4 is 4.90 Å². The first kappa shape index (κ1) is 16.4. The van der Waals surface area contributed by atoms with Gasteiger partial charge in [-0.1, -0.05) is 80.1 Å². The highest BCUT2D eigenvalue weighted by Gasteiger charge is 2.44. The van der Waals surface area contributed by atoms with Crippen molar-refractivity contribution in [1.82, 2.24) is 0 Å². The number of rotatable bonds is 1. The minimum atomic E-state index is 0.462. The van der Waals surface area contributed by atoms with E-state index < -0.39 is 0 Å². The second-order valence-corrected chi connectivity index (χ2v) is 8.98. The Bertz CT molecular complexity index is 1070. The van der Waals surface area contributed by atoms with Crippen molar-refractivity contribution in [2.75, 3.05) is 4.90 Å². The van der Waals surface area contributed by atoms with E-state index in [1.807, 2.05) is 0 Å². The SMILES string of the molecule is CC(C)C1=CC2C(CC1)c1cccc3c1N2C1=CCCC=C1c1ccccc1-3. The van der Waals surface area contributed by atoms with Crippen LogP contribution >= 0.6 is 0 Å². The van der Waals surface area contributed by atoms with Crippen LogP contribution in [0.5, 0.6) is 0 Å². The fraction of sp³-hybridized carbons (Fsp3) is 0.333. The molecule has 0 saturated heterocycles. The zero-order chi connectivity index (χ0) is 18.8. The van der Waals surface area contributed by atoms with Crippen LogP contribution in [-0.4, -0.2) is 6.04 Å². The summed E-state index contributed by atoms with van der Waals surface area (Å²) in [4.78, 5) is 2.71. The summed E-state index contributed by atoms with van der Waals surface area (Å²) in [6.45, 7) is 4.70. The van der Waals surface area contributed by atoms with Crippen LogP contribution in [0, 0.1) is 5.92 Å². The van der Waals surface area contributed by atoms with Crippen LogP contribution in [0.1, 0.15) is 56.6 Å². The average molecular weight is 366 g/mol. The molecule has 0 saturated carbocycles. The highest BCUT2D eigenvalue weighted by molar-refractivity contribution is 6.01. The number of nitrogens with zero attached hydrogens (tertiary/aromatic N) is 1. The van der Waals surface area contributed by atoms with Gasteiger partial charge >= 0.3 is 0 Å². The van der Waals surface area contributed by atoms with Gasteiger partial charge in [-0.25, -0.2) is 0 Å². The van der Waals surface area contributed by atoms with Gasteiger partial charge in [-0.05, 0) is 48.3 Å². The minimum Gasteiger partial charge on any atom is -0.333 e. The van der Waals surface area contributed by atoms with Crippen molar-refractivity contribution in [1.29, 1.82) is 0 Å². The van der Waals surface area contributed by atoms with Gasteiger partial charge in [-0.3, -0.25) is 0 Å². The van der Waals surface area contributed by atoms with Crippen molar-refractivity contribution in [2.24, 2.45) is 5.92 Å². The molecule has 0 bridgehead atoms. The molecule has 0 spiro atoms. The Labute approximate surface area is 168 Å². The first-order valence-electron chi connectivity index (χ1n) is 10.9. The molecule has 0 radical (unpaired) electrons. The van der Waals surface area contributed by atoms with E-state index in [4.69, 9.17) is 0 Å². The number of hydrogen-bond acceptors (Lipinski definition) is 1. The predicted octanol–water partition coefficient (Wildman–Crippen LogP) is 7.08. The van der Waals surface area contributed by atoms with Crippen LogP contribution in [0.2, 0.25) is 0 Å². The van der Waals surface area contributed by atoms with Crippen LogP contribution in [0.15, 0.2) is 72.0 Å². The Morgan fingerprint density at radius 3 is 2.54 bits per heavy atom. The molecule has 2 aliphatic heterocycles. The molecule has 2 aromatic carbocycles. The quantitative estimate of drug-likeness (QED) is 0.488. The Balaban J connectivity index is 1.67. The summed E-state index contributed by atoms with van der Waals surface area (Å²) in [6, 6.07) is 16.5. The maximum atomic E-state index is 2.71. The van der Waals surface area contributed by atoms with E-state index in [9.17, 15) is 0 Å². The largest absolute Gasteiger partial charge is 0.333 e. The molecule has 0 N–H and O–H groups in total. The number of fused-ring (bicyclic) bond motifs is 8. The standard InChI is InChI=1S/C27H27N/c1-17(2)18-14-15-22-24-12-7-11-23-20-9-4-3-8-19(20)21-10-5-6-13-25(21)28(27(23)24)26(22)16-18/h3-4,7-13,16-17,22,26H,5-6,14-15H2,1-2H3. The van der Waals surface area contributed by atoms with E-state index in [1.165, 1.54) is 46.5 Å². The third kappa shape index (κ3) is 2.13. The summed E-state index contributed by atoms with van der Waals surface area (Å²) in [5, 5.41) is 0. The molecule has 0 aromatic heterocycles. The van der Waals surface area contributed by atoms with Gasteiger partial charge in [0, 0.05) is 22.8 Å². The van der Waals surface area contributed by atoms with Crippen molar-refractivity contribution in [3.63, 3.8) is 0 Å². The molecular formula is C27H27N. The van der Waals surface area contributed by atoms with Gasteiger partial charge in [0.1, 0.15) is 0 Å². The molecule has 1 heteroatoms. The van der Waals surface area contributed by atoms with Gasteiger partial charge in [-0.15, -0.1) is 0 Å². The van der Waals surface area contributed by atoms with E-state index >= 15 is 0 Å². The first-order valence-corrected chi connectivity index (χ1v) is 10.9. The van der Waals surface area contributed by atoms with E-state index in [0.717, 1.165) is 12.8 Å². The lowest BCUT2D eigenvalue weighted by molar-refractivity contribution is 0.522. The second-order valence-electron chi connectivity index (χ2n) is 8.98. The van der Waals surface area contributed by atoms with Crippen molar-refractivity contribution in [2.45, 2.75) is 51.5 Å². The van der Waals surface area contributed by atoms with E-state index in [-0.39, 0.29) is 0 Å². The number of allylic oxidation sites excluding steroid dienone is 4. The molecule has 4 aliphatic rings. The van der Waals surface area contributed by atoms with E-state index in [0.29, 0.717) is 17.9 Å².